The summed E-state index contributed by atoms with van der Waals surface area (Å²) in [7, 11) is 0. The highest BCUT2D eigenvalue weighted by Crippen LogP contribution is 2.34. The highest BCUT2D eigenvalue weighted by atomic mass is 79.9. The third-order valence-electron chi connectivity index (χ3n) is 4.90. The number of nitrogens with zero attached hydrogens (tertiary/aromatic N) is 3. The van der Waals surface area contributed by atoms with Crippen molar-refractivity contribution in [2.75, 3.05) is 6.61 Å². The zero-order chi connectivity index (χ0) is 23.9. The van der Waals surface area contributed by atoms with Gasteiger partial charge in [-0.2, -0.15) is 0 Å². The van der Waals surface area contributed by atoms with E-state index in [4.69, 9.17) is 4.74 Å². The Morgan fingerprint density at radius 3 is 2.85 bits per heavy atom. The van der Waals surface area contributed by atoms with Gasteiger partial charge in [-0.3, -0.25) is 19.5 Å². The number of hydrogen-bond acceptors (Lipinski definition) is 9. The van der Waals surface area contributed by atoms with Crippen LogP contribution in [0.4, 0.5) is 5.69 Å². The molecule has 0 unspecified atom stereocenters. The van der Waals surface area contributed by atoms with E-state index in [-0.39, 0.29) is 38.2 Å². The molecule has 0 saturated heterocycles. The van der Waals surface area contributed by atoms with Crippen LogP contribution >= 0.6 is 38.6 Å². The lowest BCUT2D eigenvalue weighted by Gasteiger charge is -2.23. The number of phenolic OH excluding ortho intramolecular Hbond substituents is 1. The average Bonchev–Trinajstić information content (AvgIpc) is 3.39. The Labute approximate surface area is 202 Å². The summed E-state index contributed by atoms with van der Waals surface area (Å²) in [5.74, 6) is -0.781. The maximum absolute atomic E-state index is 13.5. The molecule has 3 aromatic rings. The highest BCUT2D eigenvalue weighted by molar-refractivity contribution is 9.10. The average molecular weight is 550 g/mol. The lowest BCUT2D eigenvalue weighted by molar-refractivity contribution is -0.385. The molecule has 0 amide bonds. The molecule has 1 atom stereocenters. The van der Waals surface area contributed by atoms with Crippen molar-refractivity contribution in [3.05, 3.63) is 85.6 Å². The molecule has 0 aliphatic carbocycles. The summed E-state index contributed by atoms with van der Waals surface area (Å²) in [4.78, 5) is 42.5. The van der Waals surface area contributed by atoms with Crippen LogP contribution in [0.25, 0.3) is 6.08 Å². The normalized spacial score (nSPS) is 15.8. The molecule has 3 heterocycles. The first-order chi connectivity index (χ1) is 15.7. The van der Waals surface area contributed by atoms with Gasteiger partial charge < -0.3 is 9.84 Å². The van der Waals surface area contributed by atoms with Crippen molar-refractivity contribution in [2.45, 2.75) is 19.9 Å². The van der Waals surface area contributed by atoms with Crippen LogP contribution in [-0.2, 0) is 9.53 Å². The lowest BCUT2D eigenvalue weighted by Crippen LogP contribution is -2.39. The van der Waals surface area contributed by atoms with Gasteiger partial charge in [0.1, 0.15) is 11.8 Å². The Hall–Kier alpha value is -3.09. The highest BCUT2D eigenvalue weighted by Gasteiger charge is 2.33. The third-order valence-corrected chi connectivity index (χ3v) is 7.42. The number of thiazole rings is 1. The van der Waals surface area contributed by atoms with Gasteiger partial charge in [0.2, 0.25) is 0 Å². The van der Waals surface area contributed by atoms with E-state index in [1.165, 1.54) is 34.1 Å². The fourth-order valence-corrected chi connectivity index (χ4v) is 5.79. The van der Waals surface area contributed by atoms with E-state index >= 15 is 0 Å². The van der Waals surface area contributed by atoms with Crippen LogP contribution in [0.15, 0.2) is 55.2 Å². The SMILES string of the molecule is CCOC(=O)C1=C(C)N=c2s/c(=C\c3cc([N+](=O)[O-])cc(Br)c3O)c(=O)n2[C@@H]1c1cccs1. The fraction of sp³-hybridized carbons (Fsp3) is 0.190. The second kappa shape index (κ2) is 9.04. The number of ether oxygens (including phenoxy) is 1. The molecule has 2 aromatic heterocycles. The number of carbonyl (C=O) groups is 1. The van der Waals surface area contributed by atoms with Gasteiger partial charge in [-0.15, -0.1) is 11.3 Å². The van der Waals surface area contributed by atoms with Gasteiger partial charge in [0.15, 0.2) is 4.80 Å². The minimum atomic E-state index is -0.715. The number of halogens is 1. The number of nitro benzene ring substituents is 1. The number of benzene rings is 1. The Bertz CT molecular complexity index is 1490. The number of hydrogen-bond donors (Lipinski definition) is 1. The first kappa shape index (κ1) is 23.1. The fourth-order valence-electron chi connectivity index (χ4n) is 3.47. The summed E-state index contributed by atoms with van der Waals surface area (Å²) in [6, 6.07) is 5.30. The summed E-state index contributed by atoms with van der Waals surface area (Å²) in [6.45, 7) is 3.57. The Morgan fingerprint density at radius 1 is 1.45 bits per heavy atom. The number of fused-ring (bicyclic) bond motifs is 1. The summed E-state index contributed by atoms with van der Waals surface area (Å²) < 4.78 is 6.99. The van der Waals surface area contributed by atoms with Gasteiger partial charge in [0.25, 0.3) is 11.2 Å². The van der Waals surface area contributed by atoms with Crippen molar-refractivity contribution < 1.29 is 19.6 Å². The van der Waals surface area contributed by atoms with Crippen LogP contribution in [0.5, 0.6) is 5.75 Å². The van der Waals surface area contributed by atoms with E-state index in [0.29, 0.717) is 10.5 Å². The maximum atomic E-state index is 13.5. The topological polar surface area (TPSA) is 124 Å². The molecular weight excluding hydrogens is 534 g/mol. The molecule has 1 aromatic carbocycles. The van der Waals surface area contributed by atoms with Crippen molar-refractivity contribution in [1.29, 1.82) is 0 Å². The molecule has 0 fully saturated rings. The van der Waals surface area contributed by atoms with Crippen LogP contribution in [0.3, 0.4) is 0 Å². The van der Waals surface area contributed by atoms with Crippen LogP contribution in [0, 0.1) is 10.1 Å². The quantitative estimate of drug-likeness (QED) is 0.296. The molecule has 170 valence electrons. The number of allylic oxidation sites excluding steroid dienone is 1. The summed E-state index contributed by atoms with van der Waals surface area (Å²) >= 11 is 5.57. The van der Waals surface area contributed by atoms with Gasteiger partial charge >= 0.3 is 5.97 Å². The van der Waals surface area contributed by atoms with Crippen molar-refractivity contribution in [3.63, 3.8) is 0 Å². The van der Waals surface area contributed by atoms with E-state index in [9.17, 15) is 24.8 Å². The second-order valence-electron chi connectivity index (χ2n) is 6.94. The van der Waals surface area contributed by atoms with E-state index in [0.717, 1.165) is 16.2 Å². The van der Waals surface area contributed by atoms with Crippen molar-refractivity contribution >= 4 is 56.3 Å². The van der Waals surface area contributed by atoms with Gasteiger partial charge in [-0.1, -0.05) is 17.4 Å². The van der Waals surface area contributed by atoms with Crippen LogP contribution < -0.4 is 14.9 Å². The number of phenols is 1. The van der Waals surface area contributed by atoms with Gasteiger partial charge in [-0.25, -0.2) is 9.79 Å². The van der Waals surface area contributed by atoms with Crippen LogP contribution in [-0.4, -0.2) is 27.2 Å². The minimum Gasteiger partial charge on any atom is -0.506 e. The predicted octanol–water partition coefficient (Wildman–Crippen LogP) is 3.24. The summed E-state index contributed by atoms with van der Waals surface area (Å²) in [5.41, 5.74) is 0.152. The zero-order valence-electron chi connectivity index (χ0n) is 17.3. The van der Waals surface area contributed by atoms with Crippen molar-refractivity contribution in [1.82, 2.24) is 4.57 Å². The number of carbonyl (C=O) groups excluding carboxylic acids is 1. The first-order valence-corrected chi connectivity index (χ1v) is 12.1. The molecular formula is C21H16BrN3O6S2. The smallest absolute Gasteiger partial charge is 0.338 e. The molecule has 9 nitrogen and oxygen atoms in total. The molecule has 1 aliphatic rings. The Balaban J connectivity index is 1.96. The second-order valence-corrected chi connectivity index (χ2v) is 9.78. The number of thiophene rings is 1. The number of rotatable bonds is 5. The molecule has 0 radical (unpaired) electrons. The standard InChI is InChI=1S/C21H16BrN3O6S2/c1-3-31-20(28)16-10(2)23-21-24(17(16)14-5-4-6-32-14)19(27)15(33-21)8-11-7-12(25(29)30)9-13(22)18(11)26/h4-9,17,26H,3H2,1-2H3/b15-8-/t17-/m1/s1. The number of esters is 1. The molecule has 0 saturated carbocycles. The predicted molar refractivity (Wildman–Crippen MR) is 127 cm³/mol. The molecule has 1 aliphatic heterocycles. The van der Waals surface area contributed by atoms with Crippen LogP contribution in [0.1, 0.15) is 30.3 Å². The monoisotopic (exact) mass is 549 g/mol. The Morgan fingerprint density at radius 2 is 2.21 bits per heavy atom. The summed E-state index contributed by atoms with van der Waals surface area (Å²) in [5, 5.41) is 23.5. The molecule has 12 heteroatoms. The van der Waals surface area contributed by atoms with Crippen molar-refractivity contribution in [2.24, 2.45) is 4.99 Å². The summed E-state index contributed by atoms with van der Waals surface area (Å²) in [6.07, 6.45) is 1.38. The van der Waals surface area contributed by atoms with E-state index < -0.39 is 22.5 Å². The largest absolute Gasteiger partial charge is 0.506 e. The van der Waals surface area contributed by atoms with E-state index in [1.807, 2.05) is 17.5 Å². The lowest BCUT2D eigenvalue weighted by atomic mass is 10.0. The van der Waals surface area contributed by atoms with E-state index in [1.54, 1.807) is 13.8 Å². The van der Waals surface area contributed by atoms with Gasteiger partial charge in [0.05, 0.1) is 31.8 Å². The zero-order valence-corrected chi connectivity index (χ0v) is 20.5. The third kappa shape index (κ3) is 4.16. The molecule has 0 spiro atoms. The number of nitro groups is 1. The maximum Gasteiger partial charge on any atom is 0.338 e. The van der Waals surface area contributed by atoms with Gasteiger partial charge in [0, 0.05) is 22.6 Å². The Kier molecular flexibility index (Phi) is 6.32. The van der Waals surface area contributed by atoms with Crippen LogP contribution in [0.2, 0.25) is 0 Å². The first-order valence-electron chi connectivity index (χ1n) is 9.62. The number of aromatic hydroxyl groups is 1. The molecule has 0 bridgehead atoms. The van der Waals surface area contributed by atoms with Gasteiger partial charge in [-0.05, 0) is 47.3 Å². The molecule has 33 heavy (non-hydrogen) atoms. The number of aromatic nitrogens is 1. The van der Waals surface area contributed by atoms with Crippen molar-refractivity contribution in [3.8, 4) is 5.75 Å². The molecule has 1 N–H and O–H groups in total. The minimum absolute atomic E-state index is 0.107. The number of non-ortho nitro benzene ring substituents is 1. The van der Waals surface area contributed by atoms with E-state index in [2.05, 4.69) is 20.9 Å². The molecule has 4 rings (SSSR count).